The molecule has 1 aromatic rings. The molecule has 6 heteroatoms. The van der Waals surface area contributed by atoms with E-state index in [9.17, 15) is 8.42 Å². The minimum Gasteiger partial charge on any atom is -0.376 e. The molecule has 1 heterocycles. The van der Waals surface area contributed by atoms with Gasteiger partial charge in [0, 0.05) is 5.92 Å². The minimum absolute atomic E-state index is 0.0431. The van der Waals surface area contributed by atoms with Crippen LogP contribution < -0.4 is 0 Å². The Kier molecular flexibility index (Phi) is 4.93. The zero-order valence-electron chi connectivity index (χ0n) is 10.8. The number of rotatable bonds is 8. The molecule has 2 atom stereocenters. The molecule has 0 bridgehead atoms. The lowest BCUT2D eigenvalue weighted by Crippen LogP contribution is -2.23. The van der Waals surface area contributed by atoms with Crippen LogP contribution in [0.1, 0.15) is 5.56 Å². The average Bonchev–Trinajstić information content (AvgIpc) is 3.18. The predicted molar refractivity (Wildman–Crippen MR) is 70.1 cm³/mol. The van der Waals surface area contributed by atoms with E-state index in [1.54, 1.807) is 0 Å². The van der Waals surface area contributed by atoms with Gasteiger partial charge in [-0.25, -0.2) is 0 Å². The first-order valence-corrected chi connectivity index (χ1v) is 7.94. The highest BCUT2D eigenvalue weighted by Gasteiger charge is 2.33. The van der Waals surface area contributed by atoms with Gasteiger partial charge in [-0.3, -0.25) is 4.18 Å². The maximum absolute atomic E-state index is 11.0. The number of epoxide rings is 1. The van der Waals surface area contributed by atoms with Gasteiger partial charge in [0.25, 0.3) is 10.1 Å². The van der Waals surface area contributed by atoms with Gasteiger partial charge in [-0.2, -0.15) is 8.42 Å². The van der Waals surface area contributed by atoms with Crippen molar-refractivity contribution in [2.24, 2.45) is 5.92 Å². The van der Waals surface area contributed by atoms with Crippen molar-refractivity contribution in [1.82, 2.24) is 0 Å². The third-order valence-corrected chi connectivity index (χ3v) is 3.39. The van der Waals surface area contributed by atoms with Gasteiger partial charge in [-0.15, -0.1) is 0 Å². The summed E-state index contributed by atoms with van der Waals surface area (Å²) in [6, 6.07) is 9.81. The van der Waals surface area contributed by atoms with Crippen molar-refractivity contribution in [3.05, 3.63) is 35.9 Å². The van der Waals surface area contributed by atoms with Crippen molar-refractivity contribution in [3.63, 3.8) is 0 Å². The molecule has 0 aromatic heterocycles. The van der Waals surface area contributed by atoms with Crippen LogP contribution in [0.5, 0.6) is 0 Å². The first-order chi connectivity index (χ1) is 9.04. The molecule has 0 N–H and O–H groups in total. The molecule has 2 rings (SSSR count). The van der Waals surface area contributed by atoms with Gasteiger partial charge < -0.3 is 9.47 Å². The van der Waals surface area contributed by atoms with Crippen molar-refractivity contribution in [1.29, 1.82) is 0 Å². The highest BCUT2D eigenvalue weighted by Crippen LogP contribution is 2.22. The van der Waals surface area contributed by atoms with Gasteiger partial charge in [0.15, 0.2) is 0 Å². The summed E-state index contributed by atoms with van der Waals surface area (Å²) >= 11 is 0. The van der Waals surface area contributed by atoms with Gasteiger partial charge in [-0.1, -0.05) is 30.3 Å². The second-order valence-electron chi connectivity index (χ2n) is 4.62. The molecule has 0 amide bonds. The van der Waals surface area contributed by atoms with Crippen LogP contribution in [0.4, 0.5) is 0 Å². The number of benzene rings is 1. The molecular formula is C13H18O5S. The average molecular weight is 286 g/mol. The normalized spacial score (nSPS) is 20.2. The smallest absolute Gasteiger partial charge is 0.264 e. The molecule has 1 unspecified atom stereocenters. The van der Waals surface area contributed by atoms with Crippen LogP contribution in [0.25, 0.3) is 0 Å². The molecule has 106 valence electrons. The lowest BCUT2D eigenvalue weighted by atomic mass is 10.1. The van der Waals surface area contributed by atoms with Crippen LogP contribution in [0.15, 0.2) is 30.3 Å². The molecular weight excluding hydrogens is 268 g/mol. The summed E-state index contributed by atoms with van der Waals surface area (Å²) in [6.07, 6.45) is 1.10. The van der Waals surface area contributed by atoms with Crippen LogP contribution in [0.2, 0.25) is 0 Å². The number of ether oxygens (including phenoxy) is 2. The molecule has 0 radical (unpaired) electrons. The monoisotopic (exact) mass is 286 g/mol. The van der Waals surface area contributed by atoms with Gasteiger partial charge in [0.05, 0.1) is 38.8 Å². The van der Waals surface area contributed by atoms with Crippen LogP contribution >= 0.6 is 0 Å². The standard InChI is InChI=1S/C13H18O5S/c1-19(14,15)18-9-12(13-10-17-13)8-16-7-11-5-3-2-4-6-11/h2-6,12-13H,7-10H2,1H3/t12?,13-/m1/s1. The summed E-state index contributed by atoms with van der Waals surface area (Å²) in [5.41, 5.74) is 1.09. The highest BCUT2D eigenvalue weighted by molar-refractivity contribution is 7.85. The van der Waals surface area contributed by atoms with Gasteiger partial charge in [-0.05, 0) is 5.56 Å². The second-order valence-corrected chi connectivity index (χ2v) is 6.27. The fourth-order valence-electron chi connectivity index (χ4n) is 1.70. The number of hydrogen-bond donors (Lipinski definition) is 0. The fourth-order valence-corrected chi connectivity index (χ4v) is 2.13. The van der Waals surface area contributed by atoms with Gasteiger partial charge in [0.2, 0.25) is 0 Å². The Labute approximate surface area is 113 Å². The quantitative estimate of drug-likeness (QED) is 0.530. The largest absolute Gasteiger partial charge is 0.376 e. The molecule has 1 fully saturated rings. The van der Waals surface area contributed by atoms with Crippen molar-refractivity contribution in [2.75, 3.05) is 26.1 Å². The fraction of sp³-hybridized carbons (Fsp3) is 0.538. The molecule has 0 spiro atoms. The lowest BCUT2D eigenvalue weighted by Gasteiger charge is -2.14. The third kappa shape index (κ3) is 5.69. The molecule has 0 saturated carbocycles. The molecule has 0 aliphatic carbocycles. The van der Waals surface area contributed by atoms with E-state index in [1.807, 2.05) is 30.3 Å². The highest BCUT2D eigenvalue weighted by atomic mass is 32.2. The topological polar surface area (TPSA) is 65.1 Å². The third-order valence-electron chi connectivity index (χ3n) is 2.82. The molecule has 19 heavy (non-hydrogen) atoms. The van der Waals surface area contributed by atoms with Crippen LogP contribution in [0.3, 0.4) is 0 Å². The summed E-state index contributed by atoms with van der Waals surface area (Å²) in [5.74, 6) is -0.0431. The van der Waals surface area contributed by atoms with Gasteiger partial charge >= 0.3 is 0 Å². The maximum Gasteiger partial charge on any atom is 0.264 e. The maximum atomic E-state index is 11.0. The molecule has 5 nitrogen and oxygen atoms in total. The van der Waals surface area contributed by atoms with E-state index in [1.165, 1.54) is 0 Å². The Morgan fingerprint density at radius 1 is 1.32 bits per heavy atom. The van der Waals surface area contributed by atoms with Gasteiger partial charge in [0.1, 0.15) is 0 Å². The molecule has 1 aromatic carbocycles. The van der Waals surface area contributed by atoms with E-state index >= 15 is 0 Å². The second kappa shape index (κ2) is 6.47. The minimum atomic E-state index is -3.41. The summed E-state index contributed by atoms with van der Waals surface area (Å²) in [4.78, 5) is 0. The predicted octanol–water partition coefficient (Wildman–Crippen LogP) is 1.19. The van der Waals surface area contributed by atoms with Crippen LogP contribution in [-0.4, -0.2) is 40.6 Å². The lowest BCUT2D eigenvalue weighted by molar-refractivity contribution is 0.0576. The molecule has 1 aliphatic rings. The summed E-state index contributed by atoms with van der Waals surface area (Å²) in [6.45, 7) is 1.68. The Morgan fingerprint density at radius 3 is 2.58 bits per heavy atom. The zero-order chi connectivity index (χ0) is 13.7. The number of hydrogen-bond acceptors (Lipinski definition) is 5. The van der Waals surface area contributed by atoms with Crippen molar-refractivity contribution in [2.45, 2.75) is 12.7 Å². The van der Waals surface area contributed by atoms with E-state index in [2.05, 4.69) is 0 Å². The van der Waals surface area contributed by atoms with Crippen LogP contribution in [-0.2, 0) is 30.4 Å². The first-order valence-electron chi connectivity index (χ1n) is 6.12. The Hall–Kier alpha value is -0.950. The van der Waals surface area contributed by atoms with E-state index in [-0.39, 0.29) is 18.6 Å². The van der Waals surface area contributed by atoms with E-state index in [4.69, 9.17) is 13.7 Å². The van der Waals surface area contributed by atoms with E-state index in [0.717, 1.165) is 11.8 Å². The van der Waals surface area contributed by atoms with E-state index < -0.39 is 10.1 Å². The van der Waals surface area contributed by atoms with Crippen molar-refractivity contribution >= 4 is 10.1 Å². The molecule has 1 aliphatic heterocycles. The zero-order valence-corrected chi connectivity index (χ0v) is 11.6. The summed E-state index contributed by atoms with van der Waals surface area (Å²) < 4.78 is 37.5. The van der Waals surface area contributed by atoms with Crippen LogP contribution in [0, 0.1) is 5.92 Å². The Balaban J connectivity index is 1.75. The Bertz CT molecular complexity index is 481. The van der Waals surface area contributed by atoms with E-state index in [0.29, 0.717) is 19.8 Å². The summed E-state index contributed by atoms with van der Waals surface area (Å²) in [5, 5.41) is 0. The summed E-state index contributed by atoms with van der Waals surface area (Å²) in [7, 11) is -3.41. The van der Waals surface area contributed by atoms with Crippen molar-refractivity contribution < 1.29 is 22.1 Å². The van der Waals surface area contributed by atoms with Crippen molar-refractivity contribution in [3.8, 4) is 0 Å². The Morgan fingerprint density at radius 2 is 2.00 bits per heavy atom. The SMILES string of the molecule is CS(=O)(=O)OCC(COCc1ccccc1)[C@H]1CO1. The molecule has 1 saturated heterocycles. The first kappa shape index (κ1) is 14.5.